The Bertz CT molecular complexity index is 4310. The average molecular weight is 1500 g/mol. The molecule has 6 atom stereocenters. The number of hydrogen-bond acceptors (Lipinski definition) is 16. The number of aliphatic imine (C=N–C) groups is 2. The molecule has 12 rings (SSSR count). The highest BCUT2D eigenvalue weighted by atomic mass is 35.5. The van der Waals surface area contributed by atoms with Gasteiger partial charge in [0.25, 0.3) is 36.5 Å². The third kappa shape index (κ3) is 15.8. The molecule has 6 heterocycles. The maximum atomic E-state index is 14.8. The molecule has 552 valence electrons. The van der Waals surface area contributed by atoms with E-state index in [0.717, 1.165) is 31.8 Å². The van der Waals surface area contributed by atoms with E-state index in [1.807, 2.05) is 41.5 Å². The van der Waals surface area contributed by atoms with Crippen molar-refractivity contribution in [3.8, 4) is 33.6 Å². The molecular weight excluding hydrogens is 1440 g/mol. The molecule has 8 aromatic rings. The first-order valence-electron chi connectivity index (χ1n) is 32.1. The highest BCUT2D eigenvalue weighted by Crippen LogP contribution is 2.53. The Balaban J connectivity index is 0.000000208. The summed E-state index contributed by atoms with van der Waals surface area (Å²) in [5.74, 6) is -13.4. The summed E-state index contributed by atoms with van der Waals surface area (Å²) in [6.45, 7) is 4.53. The van der Waals surface area contributed by atoms with Crippen molar-refractivity contribution >= 4 is 58.9 Å². The molecule has 2 fully saturated rings. The zero-order valence-electron chi connectivity index (χ0n) is 56.0. The number of carbonyl (C=O) groups is 4. The number of hydrogen-bond donors (Lipinski definition) is 2. The second kappa shape index (κ2) is 28.6. The maximum absolute atomic E-state index is 14.8. The predicted molar refractivity (Wildman–Crippen MR) is 352 cm³/mol. The predicted octanol–water partition coefficient (Wildman–Crippen LogP) is 14.5. The largest absolute Gasteiger partial charge is 0.463 e. The summed E-state index contributed by atoms with van der Waals surface area (Å²) in [5.41, 5.74) is 11.8. The molecule has 2 saturated carbocycles. The number of ether oxygens (including phenoxy) is 2. The van der Waals surface area contributed by atoms with Crippen molar-refractivity contribution in [3.05, 3.63) is 166 Å². The minimum absolute atomic E-state index is 0.00138. The van der Waals surface area contributed by atoms with E-state index in [-0.39, 0.29) is 57.3 Å². The number of amides is 2. The van der Waals surface area contributed by atoms with Gasteiger partial charge in [-0.2, -0.15) is 38.0 Å². The molecule has 2 aliphatic carbocycles. The third-order valence-electron chi connectivity index (χ3n) is 17.7. The quantitative estimate of drug-likeness (QED) is 0.0421. The van der Waals surface area contributed by atoms with Crippen molar-refractivity contribution in [2.45, 2.75) is 141 Å². The molecule has 22 nitrogen and oxygen atoms in total. The number of nitrogens with zero attached hydrogens (tertiary/aromatic N) is 14. The van der Waals surface area contributed by atoms with E-state index >= 15 is 0 Å². The summed E-state index contributed by atoms with van der Waals surface area (Å²) in [4.78, 5) is 74.1. The molecule has 104 heavy (non-hydrogen) atoms. The summed E-state index contributed by atoms with van der Waals surface area (Å²) in [6, 6.07) is 18.9. The van der Waals surface area contributed by atoms with Crippen molar-refractivity contribution in [3.63, 3.8) is 0 Å². The zero-order chi connectivity index (χ0) is 75.5. The van der Waals surface area contributed by atoms with Crippen LogP contribution >= 0.6 is 23.2 Å². The number of aromatic nitrogens is 10. The van der Waals surface area contributed by atoms with Gasteiger partial charge in [0.2, 0.25) is 0 Å². The van der Waals surface area contributed by atoms with E-state index in [1.165, 1.54) is 61.2 Å². The van der Waals surface area contributed by atoms with Gasteiger partial charge in [0.15, 0.2) is 34.6 Å². The first kappa shape index (κ1) is 75.3. The van der Waals surface area contributed by atoms with E-state index in [4.69, 9.17) is 54.1 Å². The van der Waals surface area contributed by atoms with Gasteiger partial charge >= 0.3 is 25.0 Å². The van der Waals surface area contributed by atoms with Gasteiger partial charge in [0.1, 0.15) is 25.9 Å². The molecule has 4 aromatic carbocycles. The smallest absolute Gasteiger partial charge is 0.333 e. The molecular formula is C68H66Cl2F12N16O6. The van der Waals surface area contributed by atoms with E-state index in [2.05, 4.69) is 30.4 Å². The molecule has 4 aliphatic rings. The average Bonchev–Trinajstić information content (AvgIpc) is 1.57. The number of guanidine groups is 2. The van der Waals surface area contributed by atoms with Gasteiger partial charge in [-0.15, -0.1) is 0 Å². The van der Waals surface area contributed by atoms with Crippen molar-refractivity contribution < 1.29 is 81.3 Å². The van der Waals surface area contributed by atoms with Gasteiger partial charge in [0.05, 0.1) is 58.7 Å². The summed E-state index contributed by atoms with van der Waals surface area (Å²) in [6.07, 6.45) is -1.04. The number of rotatable bonds is 24. The first-order valence-corrected chi connectivity index (χ1v) is 32.8. The normalized spacial score (nSPS) is 20.5. The molecule has 2 aliphatic heterocycles. The van der Waals surface area contributed by atoms with Crippen LogP contribution < -0.4 is 11.5 Å². The minimum atomic E-state index is -3.02. The summed E-state index contributed by atoms with van der Waals surface area (Å²) >= 11 is 12.8. The van der Waals surface area contributed by atoms with Crippen molar-refractivity contribution in [1.82, 2.24) is 58.9 Å². The van der Waals surface area contributed by atoms with Crippen molar-refractivity contribution in [2.24, 2.45) is 44.1 Å². The van der Waals surface area contributed by atoms with E-state index in [1.54, 1.807) is 48.5 Å². The van der Waals surface area contributed by atoms with Crippen LogP contribution in [-0.2, 0) is 39.7 Å². The van der Waals surface area contributed by atoms with E-state index in [0.29, 0.717) is 42.7 Å². The lowest BCUT2D eigenvalue weighted by atomic mass is 9.75. The van der Waals surface area contributed by atoms with Gasteiger partial charge in [-0.05, 0) is 81.3 Å². The summed E-state index contributed by atoms with van der Waals surface area (Å²) in [7, 11) is 0. The number of nitrogens with two attached hydrogens (primary N) is 2. The van der Waals surface area contributed by atoms with E-state index < -0.39 is 158 Å². The topological polar surface area (TPSA) is 267 Å². The first-order chi connectivity index (χ1) is 48.8. The summed E-state index contributed by atoms with van der Waals surface area (Å²) < 4.78 is 176. The number of esters is 2. The Morgan fingerprint density at radius 2 is 0.885 bits per heavy atom. The second-order valence-corrected chi connectivity index (χ2v) is 28.6. The monoisotopic (exact) mass is 1500 g/mol. The van der Waals surface area contributed by atoms with Crippen LogP contribution in [0.15, 0.2) is 132 Å². The van der Waals surface area contributed by atoms with Gasteiger partial charge in [-0.1, -0.05) is 125 Å². The number of benzene rings is 4. The van der Waals surface area contributed by atoms with Gasteiger partial charge in [-0.3, -0.25) is 29.0 Å². The molecule has 0 radical (unpaired) electrons. The fourth-order valence-corrected chi connectivity index (χ4v) is 13.1. The Labute approximate surface area is 595 Å². The van der Waals surface area contributed by atoms with Crippen LogP contribution in [0.25, 0.3) is 33.6 Å². The molecule has 0 spiro atoms. The standard InChI is InChI=1S/2C34H33ClF6N8O3/c2*1-32(2,3)16-33(21-7-4-18(5-8-21)20-13-44-47(14-20)30(38)39)29(51)48(31(42)46-33)25(15-52-26(50)11-22-12-34(22,40)41)19-6-9-23(35)24(10-19)49-28(27(36)37)43-17-45-49/h2*4-10,13-14,17,22,25,27,30H,11-12,15-16H2,1-3H3,(H2,42,46)/t22-,25+,33+;22-,25-,33-/m01/s1. The SMILES string of the molecule is CC(C)(C)C[C@]1(c2ccc(-c3cnn(C(F)F)c3)cc2)N=C(N)N([C@H](COC(=O)C[C@@H]2CC2(F)F)c2ccc(Cl)c(-n3ncnc3C(F)F)c2)C1=O.CC(C)(C)C[C@]1(c2ccc(-c3cnn(C(F)F)c3)cc2)N=C(N)N([C@H](COC(=O)C[C@H]2CC2(F)F)c2ccc(Cl)c(-n3ncnc3C(F)F)c2)C1=O. The highest BCUT2D eigenvalue weighted by Gasteiger charge is 2.59. The molecule has 0 saturated heterocycles. The third-order valence-corrected chi connectivity index (χ3v) is 18.3. The lowest BCUT2D eigenvalue weighted by molar-refractivity contribution is -0.148. The molecule has 2 amide bonds. The fraction of sp³-hybridized carbons (Fsp3) is 0.412. The summed E-state index contributed by atoms with van der Waals surface area (Å²) in [5, 5.41) is 15.1. The van der Waals surface area contributed by atoms with Crippen molar-refractivity contribution in [1.29, 1.82) is 0 Å². The van der Waals surface area contributed by atoms with Gasteiger partial charge < -0.3 is 20.9 Å². The van der Waals surface area contributed by atoms with Crippen LogP contribution in [0.2, 0.25) is 10.0 Å². The Morgan fingerprint density at radius 3 is 1.18 bits per heavy atom. The maximum Gasteiger partial charge on any atom is 0.333 e. The van der Waals surface area contributed by atoms with Crippen LogP contribution in [0.4, 0.5) is 52.7 Å². The highest BCUT2D eigenvalue weighted by molar-refractivity contribution is 6.32. The van der Waals surface area contributed by atoms with Crippen LogP contribution in [0.5, 0.6) is 0 Å². The molecule has 4 aromatic heterocycles. The molecule has 4 N–H and O–H groups in total. The number of halogens is 14. The Hall–Kier alpha value is -9.86. The van der Waals surface area contributed by atoms with Gasteiger partial charge in [-0.25, -0.2) is 73.8 Å². The lowest BCUT2D eigenvalue weighted by Gasteiger charge is -2.35. The minimum Gasteiger partial charge on any atom is -0.463 e. The molecule has 0 unspecified atom stereocenters. The van der Waals surface area contributed by atoms with E-state index in [9.17, 15) is 71.9 Å². The number of alkyl halides is 12. The molecule has 0 bridgehead atoms. The van der Waals surface area contributed by atoms with Crippen LogP contribution in [0.1, 0.15) is 152 Å². The second-order valence-electron chi connectivity index (χ2n) is 27.8. The van der Waals surface area contributed by atoms with Crippen LogP contribution in [0.3, 0.4) is 0 Å². The van der Waals surface area contributed by atoms with Gasteiger partial charge in [0, 0.05) is 48.2 Å². The lowest BCUT2D eigenvalue weighted by Crippen LogP contribution is -2.47. The van der Waals surface area contributed by atoms with Crippen LogP contribution in [-0.4, -0.2) is 120 Å². The van der Waals surface area contributed by atoms with Crippen LogP contribution in [0, 0.1) is 22.7 Å². The Kier molecular flexibility index (Phi) is 20.7. The van der Waals surface area contributed by atoms with Crippen molar-refractivity contribution in [2.75, 3.05) is 13.2 Å². The molecule has 36 heteroatoms. The fourth-order valence-electron chi connectivity index (χ4n) is 12.7. The number of carbonyl (C=O) groups excluding carboxylic acids is 4. The Morgan fingerprint density at radius 1 is 0.538 bits per heavy atom. The zero-order valence-corrected chi connectivity index (χ0v) is 57.5.